The van der Waals surface area contributed by atoms with Crippen LogP contribution < -0.4 is 5.73 Å². The maximum atomic E-state index is 5.82. The van der Waals surface area contributed by atoms with Crippen LogP contribution in [0, 0.1) is 0 Å². The topological polar surface area (TPSA) is 26.0 Å². The van der Waals surface area contributed by atoms with E-state index in [0.717, 1.165) is 12.1 Å². The standard InChI is InChI=1S/C19H19N/c20-19-14-7-2-1-4-10-18(13-8-9-15-19)16-17-11-5-3-6-12-17/h1-15H,16,20H2. The van der Waals surface area contributed by atoms with Gasteiger partial charge in [-0.2, -0.15) is 0 Å². The molecule has 1 aromatic rings. The molecule has 0 spiro atoms. The second-order valence-corrected chi connectivity index (χ2v) is 4.56. The summed E-state index contributed by atoms with van der Waals surface area (Å²) in [5.74, 6) is 0. The van der Waals surface area contributed by atoms with Gasteiger partial charge in [0.2, 0.25) is 0 Å². The molecule has 0 unspecified atom stereocenters. The van der Waals surface area contributed by atoms with E-state index in [-0.39, 0.29) is 0 Å². The minimum atomic E-state index is 0.744. The molecule has 2 N–H and O–H groups in total. The predicted octanol–water partition coefficient (Wildman–Crippen LogP) is 4.24. The van der Waals surface area contributed by atoms with Crippen molar-refractivity contribution in [2.24, 2.45) is 5.73 Å². The van der Waals surface area contributed by atoms with Crippen molar-refractivity contribution in [2.75, 3.05) is 0 Å². The SMILES string of the molecule is NC1=CC=CC=C(Cc2ccccc2)C=CC=CC=C1. The summed E-state index contributed by atoms with van der Waals surface area (Å²) in [6.07, 6.45) is 20.9. The molecule has 0 heterocycles. The third-order valence-electron chi connectivity index (χ3n) is 2.89. The van der Waals surface area contributed by atoms with E-state index in [1.54, 1.807) is 0 Å². The number of hydrogen-bond acceptors (Lipinski definition) is 1. The molecule has 0 saturated carbocycles. The highest BCUT2D eigenvalue weighted by Crippen LogP contribution is 2.10. The monoisotopic (exact) mass is 261 g/mol. The quantitative estimate of drug-likeness (QED) is 0.846. The molecule has 1 aliphatic rings. The Labute approximate surface area is 120 Å². The van der Waals surface area contributed by atoms with Gasteiger partial charge < -0.3 is 5.73 Å². The second kappa shape index (κ2) is 7.80. The van der Waals surface area contributed by atoms with Crippen LogP contribution in [0.15, 0.2) is 102 Å². The zero-order valence-electron chi connectivity index (χ0n) is 11.4. The summed E-state index contributed by atoms with van der Waals surface area (Å²) in [6.45, 7) is 0. The maximum absolute atomic E-state index is 5.82. The van der Waals surface area contributed by atoms with Gasteiger partial charge in [-0.3, -0.25) is 0 Å². The summed E-state index contributed by atoms with van der Waals surface area (Å²) < 4.78 is 0. The molecule has 0 aliphatic heterocycles. The number of allylic oxidation sites excluding steroid dienone is 11. The van der Waals surface area contributed by atoms with Crippen LogP contribution in [0.4, 0.5) is 0 Å². The van der Waals surface area contributed by atoms with Crippen LogP contribution in [-0.2, 0) is 6.42 Å². The Hall–Kier alpha value is -2.54. The first-order valence-corrected chi connectivity index (χ1v) is 6.73. The molecule has 0 atom stereocenters. The van der Waals surface area contributed by atoms with Gasteiger partial charge in [-0.15, -0.1) is 0 Å². The highest BCUT2D eigenvalue weighted by molar-refractivity contribution is 5.35. The molecule has 0 saturated heterocycles. The van der Waals surface area contributed by atoms with Crippen LogP contribution in [0.5, 0.6) is 0 Å². The van der Waals surface area contributed by atoms with Crippen LogP contribution in [0.2, 0.25) is 0 Å². The van der Waals surface area contributed by atoms with E-state index < -0.39 is 0 Å². The first-order chi connectivity index (χ1) is 9.84. The van der Waals surface area contributed by atoms with E-state index >= 15 is 0 Å². The Morgan fingerprint density at radius 3 is 2.20 bits per heavy atom. The lowest BCUT2D eigenvalue weighted by Gasteiger charge is -2.01. The molecule has 0 bridgehead atoms. The fraction of sp³-hybridized carbons (Fsp3) is 0.0526. The fourth-order valence-electron chi connectivity index (χ4n) is 1.88. The number of benzene rings is 1. The van der Waals surface area contributed by atoms with Crippen molar-refractivity contribution in [3.8, 4) is 0 Å². The lowest BCUT2D eigenvalue weighted by Crippen LogP contribution is -1.91. The van der Waals surface area contributed by atoms with Crippen molar-refractivity contribution < 1.29 is 0 Å². The van der Waals surface area contributed by atoms with E-state index in [0.29, 0.717) is 0 Å². The van der Waals surface area contributed by atoms with Crippen LogP contribution in [-0.4, -0.2) is 0 Å². The average molecular weight is 261 g/mol. The van der Waals surface area contributed by atoms with Gasteiger partial charge >= 0.3 is 0 Å². The van der Waals surface area contributed by atoms with Crippen molar-refractivity contribution >= 4 is 0 Å². The van der Waals surface area contributed by atoms with Gasteiger partial charge in [0, 0.05) is 5.70 Å². The molecular formula is C19H19N. The highest BCUT2D eigenvalue weighted by Gasteiger charge is 1.94. The zero-order chi connectivity index (χ0) is 14.0. The minimum absolute atomic E-state index is 0.744. The second-order valence-electron chi connectivity index (χ2n) is 4.56. The van der Waals surface area contributed by atoms with E-state index in [4.69, 9.17) is 5.73 Å². The van der Waals surface area contributed by atoms with Gasteiger partial charge in [0.15, 0.2) is 0 Å². The minimum Gasteiger partial charge on any atom is -0.399 e. The molecule has 1 aromatic carbocycles. The Morgan fingerprint density at radius 2 is 1.40 bits per heavy atom. The molecule has 0 aromatic heterocycles. The van der Waals surface area contributed by atoms with Crippen LogP contribution >= 0.6 is 0 Å². The summed E-state index contributed by atoms with van der Waals surface area (Å²) in [7, 11) is 0. The Balaban J connectivity index is 2.19. The van der Waals surface area contributed by atoms with Crippen molar-refractivity contribution in [3.63, 3.8) is 0 Å². The molecule has 20 heavy (non-hydrogen) atoms. The number of nitrogens with two attached hydrogens (primary N) is 1. The number of hydrogen-bond donors (Lipinski definition) is 1. The summed E-state index contributed by atoms with van der Waals surface area (Å²) in [4.78, 5) is 0. The Bertz CT molecular complexity index is 596. The first-order valence-electron chi connectivity index (χ1n) is 6.73. The molecule has 100 valence electrons. The molecule has 0 fully saturated rings. The van der Waals surface area contributed by atoms with Crippen molar-refractivity contribution in [1.29, 1.82) is 0 Å². The summed E-state index contributed by atoms with van der Waals surface area (Å²) >= 11 is 0. The largest absolute Gasteiger partial charge is 0.399 e. The van der Waals surface area contributed by atoms with E-state index in [2.05, 4.69) is 42.5 Å². The molecular weight excluding hydrogens is 242 g/mol. The van der Waals surface area contributed by atoms with E-state index in [1.165, 1.54) is 11.1 Å². The summed E-state index contributed by atoms with van der Waals surface area (Å²) in [6, 6.07) is 10.5. The van der Waals surface area contributed by atoms with Gasteiger partial charge in [-0.1, -0.05) is 78.9 Å². The van der Waals surface area contributed by atoms with Gasteiger partial charge in [-0.05, 0) is 29.7 Å². The number of rotatable bonds is 2. The van der Waals surface area contributed by atoms with Gasteiger partial charge in [-0.25, -0.2) is 0 Å². The van der Waals surface area contributed by atoms with Crippen LogP contribution in [0.1, 0.15) is 5.56 Å². The zero-order valence-corrected chi connectivity index (χ0v) is 11.4. The molecule has 1 nitrogen and oxygen atoms in total. The molecule has 2 rings (SSSR count). The lowest BCUT2D eigenvalue weighted by atomic mass is 10.0. The maximum Gasteiger partial charge on any atom is 0.0313 e. The first kappa shape index (κ1) is 13.9. The predicted molar refractivity (Wildman–Crippen MR) is 87.1 cm³/mol. The van der Waals surface area contributed by atoms with Crippen molar-refractivity contribution in [1.82, 2.24) is 0 Å². The van der Waals surface area contributed by atoms with E-state index in [1.807, 2.05) is 48.6 Å². The van der Waals surface area contributed by atoms with Gasteiger partial charge in [0.1, 0.15) is 0 Å². The summed E-state index contributed by atoms with van der Waals surface area (Å²) in [5.41, 5.74) is 9.13. The molecule has 1 heteroatoms. The third-order valence-corrected chi connectivity index (χ3v) is 2.89. The third kappa shape index (κ3) is 4.99. The Morgan fingerprint density at radius 1 is 0.700 bits per heavy atom. The van der Waals surface area contributed by atoms with Gasteiger partial charge in [0.25, 0.3) is 0 Å². The average Bonchev–Trinajstić information content (AvgIpc) is 2.46. The normalized spacial score (nSPS) is 15.2. The van der Waals surface area contributed by atoms with Crippen LogP contribution in [0.3, 0.4) is 0 Å². The van der Waals surface area contributed by atoms with Crippen LogP contribution in [0.25, 0.3) is 0 Å². The smallest absolute Gasteiger partial charge is 0.0313 e. The lowest BCUT2D eigenvalue weighted by molar-refractivity contribution is 1.20. The molecule has 0 radical (unpaired) electrons. The fourth-order valence-corrected chi connectivity index (χ4v) is 1.88. The van der Waals surface area contributed by atoms with Crippen molar-refractivity contribution in [2.45, 2.75) is 6.42 Å². The van der Waals surface area contributed by atoms with E-state index in [9.17, 15) is 0 Å². The highest BCUT2D eigenvalue weighted by atomic mass is 14.5. The van der Waals surface area contributed by atoms with Gasteiger partial charge in [0.05, 0.1) is 0 Å². The molecule has 0 amide bonds. The van der Waals surface area contributed by atoms with Crippen molar-refractivity contribution in [3.05, 3.63) is 108 Å². The Kier molecular flexibility index (Phi) is 5.41. The summed E-state index contributed by atoms with van der Waals surface area (Å²) in [5, 5.41) is 0. The molecule has 1 aliphatic carbocycles.